The van der Waals surface area contributed by atoms with Crippen LogP contribution in [-0.2, 0) is 27.9 Å². The Morgan fingerprint density at radius 1 is 1.18 bits per heavy atom. The van der Waals surface area contributed by atoms with Gasteiger partial charge in [-0.25, -0.2) is 0 Å². The van der Waals surface area contributed by atoms with Crippen molar-refractivity contribution in [3.8, 4) is 0 Å². The molecule has 6 heteroatoms. The molecule has 0 aliphatic heterocycles. The smallest absolute Gasteiger partial charge is 0.242 e. The van der Waals surface area contributed by atoms with Crippen LogP contribution >= 0.6 is 0 Å². The summed E-state index contributed by atoms with van der Waals surface area (Å²) in [5.74, 6) is 0.151. The molecule has 1 heterocycles. The Labute approximate surface area is 169 Å². The van der Waals surface area contributed by atoms with Crippen LogP contribution in [0, 0.1) is 0 Å². The monoisotopic (exact) mass is 391 g/mol. The van der Waals surface area contributed by atoms with Crippen molar-refractivity contribution in [3.05, 3.63) is 24.0 Å². The molecule has 1 fully saturated rings. The predicted molar refractivity (Wildman–Crippen MR) is 111 cm³/mol. The number of methoxy groups -OCH3 is 1. The lowest BCUT2D eigenvalue weighted by atomic mass is 10.1. The maximum atomic E-state index is 13.1. The molecule has 0 atom stereocenters. The van der Waals surface area contributed by atoms with Gasteiger partial charge in [-0.2, -0.15) is 0 Å². The Morgan fingerprint density at radius 2 is 1.96 bits per heavy atom. The molecule has 6 nitrogen and oxygen atoms in total. The lowest BCUT2D eigenvalue weighted by Gasteiger charge is -2.28. The highest BCUT2D eigenvalue weighted by atomic mass is 16.5. The molecule has 0 radical (unpaired) electrons. The number of hydrogen-bond donors (Lipinski definition) is 0. The summed E-state index contributed by atoms with van der Waals surface area (Å²) in [4.78, 5) is 29.5. The van der Waals surface area contributed by atoms with E-state index in [1.807, 2.05) is 24.2 Å². The van der Waals surface area contributed by atoms with Crippen LogP contribution in [0.4, 0.5) is 0 Å². The molecule has 0 bridgehead atoms. The summed E-state index contributed by atoms with van der Waals surface area (Å²) in [5, 5.41) is 0. The third-order valence-corrected chi connectivity index (χ3v) is 5.39. The van der Waals surface area contributed by atoms with Gasteiger partial charge in [-0.1, -0.05) is 26.2 Å². The van der Waals surface area contributed by atoms with Gasteiger partial charge in [0.25, 0.3) is 0 Å². The number of carbonyl (C=O) groups excluding carboxylic acids is 2. The molecule has 158 valence electrons. The van der Waals surface area contributed by atoms with Crippen molar-refractivity contribution in [3.63, 3.8) is 0 Å². The number of amides is 2. The summed E-state index contributed by atoms with van der Waals surface area (Å²) in [7, 11) is 3.67. The van der Waals surface area contributed by atoms with Gasteiger partial charge in [0, 0.05) is 51.7 Å². The van der Waals surface area contributed by atoms with Crippen LogP contribution in [-0.4, -0.2) is 59.0 Å². The second-order valence-electron chi connectivity index (χ2n) is 7.84. The minimum absolute atomic E-state index is 0.0584. The van der Waals surface area contributed by atoms with E-state index in [0.717, 1.165) is 50.6 Å². The summed E-state index contributed by atoms with van der Waals surface area (Å²) in [6.07, 6.45) is 9.69. The van der Waals surface area contributed by atoms with Crippen molar-refractivity contribution >= 4 is 11.8 Å². The van der Waals surface area contributed by atoms with Crippen molar-refractivity contribution in [2.75, 3.05) is 26.8 Å². The molecular formula is C22H37N3O3. The van der Waals surface area contributed by atoms with Gasteiger partial charge in [0.1, 0.15) is 0 Å². The Kier molecular flexibility index (Phi) is 9.55. The third kappa shape index (κ3) is 7.30. The molecular weight excluding hydrogens is 354 g/mol. The summed E-state index contributed by atoms with van der Waals surface area (Å²) >= 11 is 0. The Balaban J connectivity index is 1.95. The number of carbonyl (C=O) groups is 2. The van der Waals surface area contributed by atoms with Crippen LogP contribution < -0.4 is 0 Å². The predicted octanol–water partition coefficient (Wildman–Crippen LogP) is 3.35. The SMILES string of the molecule is CCCCCCC(=O)N(CCCOC)CC(=O)N(Cc1cccn1C)C1CC1. The minimum Gasteiger partial charge on any atom is -0.385 e. The third-order valence-electron chi connectivity index (χ3n) is 5.39. The number of aromatic nitrogens is 1. The lowest BCUT2D eigenvalue weighted by molar-refractivity contribution is -0.141. The first kappa shape index (κ1) is 22.5. The van der Waals surface area contributed by atoms with E-state index < -0.39 is 0 Å². The number of ether oxygens (including phenoxy) is 1. The topological polar surface area (TPSA) is 54.8 Å². The molecule has 0 N–H and O–H groups in total. The number of rotatable bonds is 14. The van der Waals surface area contributed by atoms with E-state index in [-0.39, 0.29) is 18.4 Å². The highest BCUT2D eigenvalue weighted by molar-refractivity contribution is 5.85. The number of hydrogen-bond acceptors (Lipinski definition) is 3. The quantitative estimate of drug-likeness (QED) is 0.457. The van der Waals surface area contributed by atoms with Crippen molar-refractivity contribution in [2.45, 2.75) is 70.9 Å². The fourth-order valence-electron chi connectivity index (χ4n) is 3.45. The van der Waals surface area contributed by atoms with Crippen molar-refractivity contribution in [2.24, 2.45) is 7.05 Å². The second-order valence-corrected chi connectivity index (χ2v) is 7.84. The van der Waals surface area contributed by atoms with E-state index in [1.165, 1.54) is 0 Å². The van der Waals surface area contributed by atoms with Crippen molar-refractivity contribution in [1.82, 2.24) is 14.4 Å². The van der Waals surface area contributed by atoms with Crippen LogP contribution in [0.25, 0.3) is 0 Å². The molecule has 0 spiro atoms. The van der Waals surface area contributed by atoms with E-state index in [1.54, 1.807) is 12.0 Å². The maximum Gasteiger partial charge on any atom is 0.242 e. The Hall–Kier alpha value is -1.82. The normalized spacial score (nSPS) is 13.5. The average molecular weight is 392 g/mol. The summed E-state index contributed by atoms with van der Waals surface area (Å²) < 4.78 is 7.19. The highest BCUT2D eigenvalue weighted by Gasteiger charge is 2.34. The van der Waals surface area contributed by atoms with E-state index >= 15 is 0 Å². The van der Waals surface area contributed by atoms with Crippen LogP contribution in [0.5, 0.6) is 0 Å². The maximum absolute atomic E-state index is 13.1. The second kappa shape index (κ2) is 11.9. The molecule has 0 aromatic carbocycles. The molecule has 1 aromatic heterocycles. The lowest BCUT2D eigenvalue weighted by Crippen LogP contribution is -2.44. The zero-order valence-electron chi connectivity index (χ0n) is 17.9. The minimum atomic E-state index is 0.0584. The molecule has 1 saturated carbocycles. The standard InChI is InChI=1S/C22H37N3O3/c1-4-5-6-7-11-21(26)24(15-9-16-28-3)18-22(27)25(19-12-13-19)17-20-10-8-14-23(20)2/h8,10,14,19H,4-7,9,11-13,15-18H2,1-3H3. The molecule has 1 aromatic rings. The number of unbranched alkanes of at least 4 members (excludes halogenated alkanes) is 3. The number of nitrogens with zero attached hydrogens (tertiary/aromatic N) is 3. The first-order valence-electron chi connectivity index (χ1n) is 10.7. The summed E-state index contributed by atoms with van der Waals surface area (Å²) in [6.45, 7) is 4.13. The van der Waals surface area contributed by atoms with Gasteiger partial charge >= 0.3 is 0 Å². The first-order chi connectivity index (χ1) is 13.6. The van der Waals surface area contributed by atoms with Gasteiger partial charge in [0.2, 0.25) is 11.8 Å². The van der Waals surface area contributed by atoms with Gasteiger partial charge in [0.15, 0.2) is 0 Å². The van der Waals surface area contributed by atoms with Crippen molar-refractivity contribution in [1.29, 1.82) is 0 Å². The highest BCUT2D eigenvalue weighted by Crippen LogP contribution is 2.28. The van der Waals surface area contributed by atoms with Gasteiger partial charge in [-0.05, 0) is 37.8 Å². The molecule has 2 rings (SSSR count). The molecule has 1 aliphatic carbocycles. The van der Waals surface area contributed by atoms with Gasteiger partial charge < -0.3 is 19.1 Å². The van der Waals surface area contributed by atoms with Crippen LogP contribution in [0.2, 0.25) is 0 Å². The average Bonchev–Trinajstić information content (AvgIpc) is 3.44. The van der Waals surface area contributed by atoms with Crippen LogP contribution in [0.15, 0.2) is 18.3 Å². The molecule has 2 amide bonds. The molecule has 28 heavy (non-hydrogen) atoms. The van der Waals surface area contributed by atoms with Crippen LogP contribution in [0.3, 0.4) is 0 Å². The zero-order chi connectivity index (χ0) is 20.4. The van der Waals surface area contributed by atoms with Gasteiger partial charge in [0.05, 0.1) is 13.1 Å². The van der Waals surface area contributed by atoms with Crippen LogP contribution in [0.1, 0.15) is 64.0 Å². The largest absolute Gasteiger partial charge is 0.385 e. The summed E-state index contributed by atoms with van der Waals surface area (Å²) in [6, 6.07) is 4.38. The Bertz CT molecular complexity index is 610. The Morgan fingerprint density at radius 3 is 2.57 bits per heavy atom. The van der Waals surface area contributed by atoms with Gasteiger partial charge in [-0.15, -0.1) is 0 Å². The van der Waals surface area contributed by atoms with E-state index in [0.29, 0.717) is 32.2 Å². The molecule has 0 unspecified atom stereocenters. The summed E-state index contributed by atoms with van der Waals surface area (Å²) in [5.41, 5.74) is 1.12. The van der Waals surface area contributed by atoms with Crippen molar-refractivity contribution < 1.29 is 14.3 Å². The van der Waals surface area contributed by atoms with E-state index in [9.17, 15) is 9.59 Å². The van der Waals surface area contributed by atoms with Gasteiger partial charge in [-0.3, -0.25) is 9.59 Å². The molecule has 0 saturated heterocycles. The molecule has 1 aliphatic rings. The fraction of sp³-hybridized carbons (Fsp3) is 0.727. The van der Waals surface area contributed by atoms with E-state index in [4.69, 9.17) is 4.74 Å². The fourth-order valence-corrected chi connectivity index (χ4v) is 3.45. The number of aryl methyl sites for hydroxylation is 1. The zero-order valence-corrected chi connectivity index (χ0v) is 17.9. The van der Waals surface area contributed by atoms with E-state index in [2.05, 4.69) is 17.6 Å². The first-order valence-corrected chi connectivity index (χ1v) is 10.7.